The molecule has 4 heterocycles. The van der Waals surface area contributed by atoms with Crippen molar-refractivity contribution in [1.82, 2.24) is 5.32 Å². The Balaban J connectivity index is 1.68. The maximum absolute atomic E-state index is 14.9. The van der Waals surface area contributed by atoms with Crippen molar-refractivity contribution in [2.45, 2.75) is 120 Å². The number of anilines is 1. The van der Waals surface area contributed by atoms with Gasteiger partial charge in [0.2, 0.25) is 5.91 Å². The van der Waals surface area contributed by atoms with Crippen LogP contribution in [-0.2, 0) is 44.4 Å². The zero-order chi connectivity index (χ0) is 41.3. The first-order chi connectivity index (χ1) is 26.4. The highest BCUT2D eigenvalue weighted by Crippen LogP contribution is 2.49. The number of ether oxygens (including phenoxy) is 7. The third-order valence-corrected chi connectivity index (χ3v) is 11.0. The van der Waals surface area contributed by atoms with Crippen LogP contribution in [0.4, 0.5) is 15.3 Å². The van der Waals surface area contributed by atoms with Crippen LogP contribution in [0.15, 0.2) is 35.9 Å². The van der Waals surface area contributed by atoms with Crippen LogP contribution in [0.5, 0.6) is 5.75 Å². The number of aliphatic hydroxyl groups excluding tert-OH is 3. The molecule has 1 aromatic rings. The average Bonchev–Trinajstić information content (AvgIpc) is 3.84. The Bertz CT molecular complexity index is 1730. The van der Waals surface area contributed by atoms with Gasteiger partial charge in [-0.3, -0.25) is 19.8 Å². The lowest BCUT2D eigenvalue weighted by Crippen LogP contribution is -2.65. The Morgan fingerprint density at radius 1 is 1.16 bits per heavy atom. The largest absolute Gasteiger partial charge is 0.495 e. The molecule has 1 unspecified atom stereocenters. The quantitative estimate of drug-likeness (QED) is 0.129. The molecule has 0 spiro atoms. The molecule has 0 aliphatic carbocycles. The van der Waals surface area contributed by atoms with E-state index in [-0.39, 0.29) is 35.7 Å². The molecule has 3 fully saturated rings. The molecule has 5 rings (SSSR count). The number of alkyl carbamates (subject to hydrolysis) is 1. The van der Waals surface area contributed by atoms with Crippen molar-refractivity contribution < 1.29 is 72.8 Å². The maximum atomic E-state index is 14.9. The summed E-state index contributed by atoms with van der Waals surface area (Å²) in [5, 5.41) is 47.0. The summed E-state index contributed by atoms with van der Waals surface area (Å²) in [6, 6.07) is 3.18. The molecule has 4 aliphatic rings. The molecule has 19 heteroatoms. The van der Waals surface area contributed by atoms with Crippen molar-refractivity contribution in [3.05, 3.63) is 46.5 Å². The van der Waals surface area contributed by atoms with Gasteiger partial charge in [0.1, 0.15) is 53.0 Å². The number of hydrogen-bond donors (Lipinski definition) is 6. The molecule has 310 valence electrons. The van der Waals surface area contributed by atoms with Crippen molar-refractivity contribution >= 4 is 41.4 Å². The second-order valence-corrected chi connectivity index (χ2v) is 14.9. The molecule has 18 nitrogen and oxygen atoms in total. The predicted molar refractivity (Wildman–Crippen MR) is 195 cm³/mol. The Morgan fingerprint density at radius 2 is 1.88 bits per heavy atom. The highest BCUT2D eigenvalue weighted by atomic mass is 35.5. The summed E-state index contributed by atoms with van der Waals surface area (Å²) < 4.78 is 39.8. The number of fused-ring (bicyclic) bond motifs is 5. The number of nitrogens with one attached hydrogen (secondary N) is 1. The SMILES string of the molecule is CCC(=O)OC1CC(=O)N([C@@H]2O[C@H](CO)[C@@H](OC(N)=O)[C@H](O)[C@H]2O)c2cc(cc(OC)c2Cl)C/C(C)=C\C=C[C@@H](OC)[C@@]2(O)C[C@H](OC(=O)N2)[C@@H](C)[C@@H]2O[C@@]12C. The van der Waals surface area contributed by atoms with E-state index >= 15 is 0 Å². The molecule has 1 aromatic carbocycles. The van der Waals surface area contributed by atoms with Gasteiger partial charge in [-0.15, -0.1) is 0 Å². The Labute approximate surface area is 328 Å². The van der Waals surface area contributed by atoms with Crippen LogP contribution in [0.25, 0.3) is 0 Å². The van der Waals surface area contributed by atoms with Gasteiger partial charge in [0.15, 0.2) is 18.1 Å². The third kappa shape index (κ3) is 8.77. The minimum absolute atomic E-state index is 0.0460. The van der Waals surface area contributed by atoms with Crippen LogP contribution in [0.3, 0.4) is 0 Å². The first-order valence-electron chi connectivity index (χ1n) is 18.1. The standard InChI is InChI=1S/C37H50ClN3O15/c1-7-27(44)54-25-14-26(43)41(33-30(46)29(45)31(55-34(39)47)23(16-42)52-33)20-12-19(13-21(50-5)28(20)38)11-17(2)9-8-10-24(51-6)37(49)15-22(53-35(48)40-37)18(3)32-36(25,4)56-32/h8-10,12-13,18,22-25,29-33,42,45-46,49H,7,11,14-16H2,1-6H3,(H2,39,47)(H,40,48)/b10-8?,17-9-/t18-,22+,23-,24-,25?,29-,30-,31-,32+,33-,36+,37+/m1/s1. The molecule has 56 heavy (non-hydrogen) atoms. The lowest BCUT2D eigenvalue weighted by Gasteiger charge is -2.45. The summed E-state index contributed by atoms with van der Waals surface area (Å²) >= 11 is 6.90. The number of carbonyl (C=O) groups excluding carboxylic acids is 4. The number of carbonyl (C=O) groups is 4. The number of epoxide rings is 1. The highest BCUT2D eigenvalue weighted by Gasteiger charge is 2.64. The fourth-order valence-corrected chi connectivity index (χ4v) is 7.86. The summed E-state index contributed by atoms with van der Waals surface area (Å²) in [5.41, 5.74) is 3.22. The van der Waals surface area contributed by atoms with E-state index in [0.29, 0.717) is 5.56 Å². The number of benzene rings is 1. The van der Waals surface area contributed by atoms with Crippen molar-refractivity contribution in [2.24, 2.45) is 11.7 Å². The average molecular weight is 812 g/mol. The topological polar surface area (TPSA) is 258 Å². The first kappa shape index (κ1) is 43.1. The van der Waals surface area contributed by atoms with E-state index in [9.17, 15) is 39.6 Å². The smallest absolute Gasteiger partial charge is 0.409 e. The second kappa shape index (κ2) is 17.2. The number of esters is 1. The predicted octanol–water partition coefficient (Wildman–Crippen LogP) is 1.35. The zero-order valence-corrected chi connectivity index (χ0v) is 32.6. The van der Waals surface area contributed by atoms with Crippen LogP contribution < -0.4 is 20.7 Å². The van der Waals surface area contributed by atoms with Crippen molar-refractivity contribution in [2.75, 3.05) is 25.7 Å². The number of nitrogens with zero attached hydrogens (tertiary/aromatic N) is 1. The van der Waals surface area contributed by atoms with Gasteiger partial charge in [0.25, 0.3) is 0 Å². The first-order valence-corrected chi connectivity index (χ1v) is 18.5. The molecule has 12 atom stereocenters. The Hall–Kier alpha value is -4.01. The molecule has 4 aliphatic heterocycles. The fourth-order valence-electron chi connectivity index (χ4n) is 7.58. The Kier molecular flexibility index (Phi) is 13.3. The van der Waals surface area contributed by atoms with Crippen LogP contribution in [0.2, 0.25) is 5.02 Å². The van der Waals surface area contributed by atoms with Crippen LogP contribution in [-0.4, -0.2) is 132 Å². The maximum Gasteiger partial charge on any atom is 0.409 e. The minimum atomic E-state index is -1.98. The summed E-state index contributed by atoms with van der Waals surface area (Å²) in [7, 11) is 2.75. The number of allylic oxidation sites excluding steroid dienone is 3. The second-order valence-electron chi connectivity index (χ2n) is 14.6. The van der Waals surface area contributed by atoms with E-state index in [4.69, 9.17) is 50.5 Å². The normalized spacial score (nSPS) is 37.3. The van der Waals surface area contributed by atoms with Gasteiger partial charge in [-0.2, -0.15) is 0 Å². The minimum Gasteiger partial charge on any atom is -0.495 e. The summed E-state index contributed by atoms with van der Waals surface area (Å²) in [4.78, 5) is 53.3. The van der Waals surface area contributed by atoms with Crippen LogP contribution >= 0.6 is 11.6 Å². The summed E-state index contributed by atoms with van der Waals surface area (Å²) in [6.07, 6.45) is -10.6. The summed E-state index contributed by atoms with van der Waals surface area (Å²) in [6.45, 7) is 5.88. The highest BCUT2D eigenvalue weighted by molar-refractivity contribution is 6.35. The molecule has 0 aromatic heterocycles. The van der Waals surface area contributed by atoms with Crippen LogP contribution in [0.1, 0.15) is 52.5 Å². The van der Waals surface area contributed by atoms with Crippen molar-refractivity contribution in [3.8, 4) is 5.75 Å². The molecular formula is C37H50ClN3O15. The number of aliphatic hydroxyl groups is 4. The summed E-state index contributed by atoms with van der Waals surface area (Å²) in [5.74, 6) is -2.02. The van der Waals surface area contributed by atoms with Gasteiger partial charge < -0.3 is 59.3 Å². The van der Waals surface area contributed by atoms with Crippen LogP contribution in [0, 0.1) is 5.92 Å². The van der Waals surface area contributed by atoms with E-state index in [1.165, 1.54) is 14.2 Å². The van der Waals surface area contributed by atoms with Crippen molar-refractivity contribution in [3.63, 3.8) is 0 Å². The number of halogens is 1. The van der Waals surface area contributed by atoms with E-state index < -0.39 is 109 Å². The lowest BCUT2D eigenvalue weighted by atomic mass is 9.83. The molecule has 3 saturated heterocycles. The molecule has 0 radical (unpaired) electrons. The van der Waals surface area contributed by atoms with E-state index in [2.05, 4.69) is 5.32 Å². The molecule has 3 amide bonds. The molecule has 4 bridgehead atoms. The Morgan fingerprint density at radius 3 is 2.50 bits per heavy atom. The van der Waals surface area contributed by atoms with Gasteiger partial charge in [0.05, 0.1) is 31.9 Å². The number of nitrogens with two attached hydrogens (primary N) is 1. The zero-order valence-electron chi connectivity index (χ0n) is 31.9. The number of hydrogen-bond acceptors (Lipinski definition) is 15. The molecule has 7 N–H and O–H groups in total. The van der Waals surface area contributed by atoms with E-state index in [0.717, 1.165) is 10.5 Å². The third-order valence-electron chi connectivity index (χ3n) is 10.7. The van der Waals surface area contributed by atoms with E-state index in [1.54, 1.807) is 51.1 Å². The lowest BCUT2D eigenvalue weighted by molar-refractivity contribution is -0.227. The van der Waals surface area contributed by atoms with Gasteiger partial charge in [-0.05, 0) is 38.0 Å². The number of amides is 3. The monoisotopic (exact) mass is 811 g/mol. The molecule has 0 saturated carbocycles. The van der Waals surface area contributed by atoms with Gasteiger partial charge in [-0.1, -0.05) is 49.2 Å². The fraction of sp³-hybridized carbons (Fsp3) is 0.622. The van der Waals surface area contributed by atoms with Gasteiger partial charge >= 0.3 is 18.2 Å². The van der Waals surface area contributed by atoms with E-state index in [1.807, 2.05) is 6.92 Å². The number of primary amides is 1. The van der Waals surface area contributed by atoms with Gasteiger partial charge in [-0.25, -0.2) is 9.59 Å². The number of rotatable bonds is 7. The van der Waals surface area contributed by atoms with Crippen molar-refractivity contribution in [1.29, 1.82) is 0 Å². The molecular weight excluding hydrogens is 762 g/mol. The van der Waals surface area contributed by atoms with Gasteiger partial charge in [0, 0.05) is 25.9 Å². The number of methoxy groups -OCH3 is 2.